The van der Waals surface area contributed by atoms with Gasteiger partial charge in [-0.15, -0.1) is 0 Å². The van der Waals surface area contributed by atoms with E-state index in [0.717, 1.165) is 19.6 Å². The van der Waals surface area contributed by atoms with Gasteiger partial charge in [0.05, 0.1) is 5.69 Å². The van der Waals surface area contributed by atoms with Crippen molar-refractivity contribution in [2.24, 2.45) is 0 Å². The number of pyridine rings is 1. The third-order valence-electron chi connectivity index (χ3n) is 2.25. The lowest BCUT2D eigenvalue weighted by Crippen LogP contribution is -2.18. The van der Waals surface area contributed by atoms with Crippen LogP contribution in [0.5, 0.6) is 0 Å². The van der Waals surface area contributed by atoms with Crippen molar-refractivity contribution in [2.45, 2.75) is 20.0 Å². The van der Waals surface area contributed by atoms with Gasteiger partial charge >= 0.3 is 0 Å². The summed E-state index contributed by atoms with van der Waals surface area (Å²) in [5, 5.41) is 0. The Labute approximate surface area is 78.9 Å². The van der Waals surface area contributed by atoms with Gasteiger partial charge < -0.3 is 0 Å². The molecule has 0 spiro atoms. The van der Waals surface area contributed by atoms with Crippen LogP contribution in [0.2, 0.25) is 0 Å². The molecule has 68 valence electrons. The van der Waals surface area contributed by atoms with Crippen LogP contribution in [-0.4, -0.2) is 16.4 Å². The van der Waals surface area contributed by atoms with E-state index in [0.29, 0.717) is 0 Å². The van der Waals surface area contributed by atoms with E-state index in [4.69, 9.17) is 0 Å². The highest BCUT2D eigenvalue weighted by molar-refractivity contribution is 5.23. The molecule has 2 heterocycles. The lowest BCUT2D eigenvalue weighted by Gasteiger charge is -2.13. The van der Waals surface area contributed by atoms with Crippen molar-refractivity contribution in [3.05, 3.63) is 41.7 Å². The second-order valence-electron chi connectivity index (χ2n) is 3.71. The van der Waals surface area contributed by atoms with Crippen molar-refractivity contribution in [1.82, 2.24) is 9.88 Å². The molecule has 1 aromatic heterocycles. The number of aromatic nitrogens is 1. The van der Waals surface area contributed by atoms with Crippen molar-refractivity contribution >= 4 is 0 Å². The minimum Gasteiger partial charge on any atom is -0.289 e. The van der Waals surface area contributed by atoms with Gasteiger partial charge in [-0.2, -0.15) is 0 Å². The van der Waals surface area contributed by atoms with Crippen LogP contribution in [0.3, 0.4) is 0 Å². The van der Waals surface area contributed by atoms with Gasteiger partial charge in [-0.3, -0.25) is 9.88 Å². The van der Waals surface area contributed by atoms with Crippen LogP contribution in [0, 0.1) is 0 Å². The first-order valence-electron chi connectivity index (χ1n) is 4.55. The molecule has 0 bridgehead atoms. The molecular formula is C11H14N2. The Morgan fingerprint density at radius 3 is 3.15 bits per heavy atom. The molecule has 0 aromatic carbocycles. The molecule has 2 rings (SSSR count). The minimum absolute atomic E-state index is 0.975. The van der Waals surface area contributed by atoms with E-state index in [2.05, 4.69) is 29.5 Å². The lowest BCUT2D eigenvalue weighted by molar-refractivity contribution is 0.308. The minimum atomic E-state index is 0.975. The van der Waals surface area contributed by atoms with E-state index >= 15 is 0 Å². The van der Waals surface area contributed by atoms with Gasteiger partial charge in [-0.25, -0.2) is 0 Å². The standard InChI is InChI=1S/C11H14N2/c1-9(2)6-13-7-10-4-3-5-12-11(10)8-13/h3-5H,1,6-8H2,2H3. The molecule has 1 aliphatic heterocycles. The molecule has 0 amide bonds. The van der Waals surface area contributed by atoms with Crippen LogP contribution in [0.4, 0.5) is 0 Å². The largest absolute Gasteiger partial charge is 0.289 e. The maximum absolute atomic E-state index is 4.35. The molecular weight excluding hydrogens is 160 g/mol. The summed E-state index contributed by atoms with van der Waals surface area (Å²) in [6.07, 6.45) is 1.86. The van der Waals surface area contributed by atoms with Gasteiger partial charge in [0.15, 0.2) is 0 Å². The maximum Gasteiger partial charge on any atom is 0.0589 e. The van der Waals surface area contributed by atoms with Gasteiger partial charge in [-0.1, -0.05) is 18.2 Å². The van der Waals surface area contributed by atoms with Crippen LogP contribution >= 0.6 is 0 Å². The molecule has 2 nitrogen and oxygen atoms in total. The Kier molecular flexibility index (Phi) is 2.15. The third-order valence-corrected chi connectivity index (χ3v) is 2.25. The van der Waals surface area contributed by atoms with E-state index in [1.54, 1.807) is 0 Å². The summed E-state index contributed by atoms with van der Waals surface area (Å²) in [6, 6.07) is 4.16. The molecule has 0 saturated carbocycles. The average molecular weight is 174 g/mol. The number of rotatable bonds is 2. The first-order chi connectivity index (χ1) is 6.25. The molecule has 13 heavy (non-hydrogen) atoms. The smallest absolute Gasteiger partial charge is 0.0589 e. The zero-order valence-corrected chi connectivity index (χ0v) is 7.95. The van der Waals surface area contributed by atoms with Gasteiger partial charge in [0.2, 0.25) is 0 Å². The Balaban J connectivity index is 2.09. The van der Waals surface area contributed by atoms with Gasteiger partial charge in [0, 0.05) is 25.8 Å². The van der Waals surface area contributed by atoms with Crippen LogP contribution in [0.25, 0.3) is 0 Å². The zero-order valence-electron chi connectivity index (χ0n) is 7.95. The van der Waals surface area contributed by atoms with Crippen molar-refractivity contribution in [1.29, 1.82) is 0 Å². The normalized spacial score (nSPS) is 15.8. The number of hydrogen-bond donors (Lipinski definition) is 0. The SMILES string of the molecule is C=C(C)CN1Cc2cccnc2C1. The molecule has 2 heteroatoms. The van der Waals surface area contributed by atoms with Crippen molar-refractivity contribution in [2.75, 3.05) is 6.54 Å². The first-order valence-corrected chi connectivity index (χ1v) is 4.55. The van der Waals surface area contributed by atoms with Gasteiger partial charge in [-0.05, 0) is 18.6 Å². The molecule has 0 atom stereocenters. The second-order valence-corrected chi connectivity index (χ2v) is 3.71. The Morgan fingerprint density at radius 1 is 1.62 bits per heavy atom. The van der Waals surface area contributed by atoms with Crippen molar-refractivity contribution < 1.29 is 0 Å². The summed E-state index contributed by atoms with van der Waals surface area (Å²) >= 11 is 0. The first kappa shape index (κ1) is 8.45. The summed E-state index contributed by atoms with van der Waals surface area (Å²) in [4.78, 5) is 6.71. The van der Waals surface area contributed by atoms with E-state index in [-0.39, 0.29) is 0 Å². The van der Waals surface area contributed by atoms with Crippen molar-refractivity contribution in [3.8, 4) is 0 Å². The van der Waals surface area contributed by atoms with Gasteiger partial charge in [0.25, 0.3) is 0 Å². The third kappa shape index (κ3) is 1.78. The maximum atomic E-state index is 4.35. The van der Waals surface area contributed by atoms with E-state index in [9.17, 15) is 0 Å². The fourth-order valence-electron chi connectivity index (χ4n) is 1.76. The van der Waals surface area contributed by atoms with Crippen LogP contribution in [0.1, 0.15) is 18.2 Å². The zero-order chi connectivity index (χ0) is 9.26. The van der Waals surface area contributed by atoms with Crippen molar-refractivity contribution in [3.63, 3.8) is 0 Å². The second kappa shape index (κ2) is 3.30. The molecule has 0 aliphatic carbocycles. The highest BCUT2D eigenvalue weighted by Gasteiger charge is 2.18. The Hall–Kier alpha value is -1.15. The van der Waals surface area contributed by atoms with Crippen LogP contribution in [-0.2, 0) is 13.1 Å². The molecule has 1 aliphatic rings. The molecule has 0 radical (unpaired) electrons. The predicted octanol–water partition coefficient (Wildman–Crippen LogP) is 1.97. The predicted molar refractivity (Wildman–Crippen MR) is 53.2 cm³/mol. The fourth-order valence-corrected chi connectivity index (χ4v) is 1.76. The summed E-state index contributed by atoms with van der Waals surface area (Å²) < 4.78 is 0. The topological polar surface area (TPSA) is 16.1 Å². The highest BCUT2D eigenvalue weighted by atomic mass is 15.1. The van der Waals surface area contributed by atoms with Gasteiger partial charge in [0.1, 0.15) is 0 Å². The van der Waals surface area contributed by atoms with E-state index in [1.165, 1.54) is 16.8 Å². The Morgan fingerprint density at radius 2 is 2.46 bits per heavy atom. The monoisotopic (exact) mass is 174 g/mol. The molecule has 0 N–H and O–H groups in total. The number of fused-ring (bicyclic) bond motifs is 1. The fraction of sp³-hybridized carbons (Fsp3) is 0.364. The molecule has 0 fully saturated rings. The Bertz CT molecular complexity index is 306. The quantitative estimate of drug-likeness (QED) is 0.637. The number of nitrogens with zero attached hydrogens (tertiary/aromatic N) is 2. The molecule has 0 saturated heterocycles. The molecule has 1 aromatic rings. The summed E-state index contributed by atoms with van der Waals surface area (Å²) in [6.45, 7) is 8.97. The number of hydrogen-bond acceptors (Lipinski definition) is 2. The summed E-state index contributed by atoms with van der Waals surface area (Å²) in [5.74, 6) is 0. The van der Waals surface area contributed by atoms with Crippen LogP contribution < -0.4 is 0 Å². The van der Waals surface area contributed by atoms with Crippen LogP contribution in [0.15, 0.2) is 30.5 Å². The summed E-state index contributed by atoms with van der Waals surface area (Å²) in [7, 11) is 0. The summed E-state index contributed by atoms with van der Waals surface area (Å²) in [5.41, 5.74) is 3.81. The van der Waals surface area contributed by atoms with E-state index in [1.807, 2.05) is 12.3 Å². The average Bonchev–Trinajstić information content (AvgIpc) is 2.44. The lowest BCUT2D eigenvalue weighted by atomic mass is 10.2. The van der Waals surface area contributed by atoms with E-state index < -0.39 is 0 Å². The highest BCUT2D eigenvalue weighted by Crippen LogP contribution is 2.20. The molecule has 0 unspecified atom stereocenters.